The van der Waals surface area contributed by atoms with Gasteiger partial charge in [0.1, 0.15) is 0 Å². The third-order valence-corrected chi connectivity index (χ3v) is 3.61. The molecule has 0 bridgehead atoms. The molecule has 0 saturated carbocycles. The zero-order chi connectivity index (χ0) is 19.5. The standard InChI is InChI=1S/C15H29NO3.C3H7NO2.2H3N/c1-3-4-5-6-7-8-9-10-11-12-14(17)16(2)13-15(18)19;1-4-2-3(5)6;;/h3-13H2,1-2H3,(H,18,19);4H,2H2,1H3,(H,5,6);2*1H3. The average Bonchev–Trinajstić information content (AvgIpc) is 2.53. The molecule has 0 spiro atoms. The number of nitrogens with one attached hydrogen (secondary N) is 1. The number of carbonyl (C=O) groups is 3. The van der Waals surface area contributed by atoms with Gasteiger partial charge in [-0.15, -0.1) is 0 Å². The first-order valence-corrected chi connectivity index (χ1v) is 9.13. The first-order valence-electron chi connectivity index (χ1n) is 9.13. The molecule has 0 aliphatic rings. The molecule has 0 aliphatic heterocycles. The number of quaternary nitrogens is 2. The van der Waals surface area contributed by atoms with Crippen molar-refractivity contribution in [2.75, 3.05) is 27.2 Å². The van der Waals surface area contributed by atoms with Gasteiger partial charge in [0.15, 0.2) is 0 Å². The number of hydrogen-bond donors (Lipinski definition) is 3. The Morgan fingerprint density at radius 3 is 1.59 bits per heavy atom. The lowest BCUT2D eigenvalue weighted by atomic mass is 10.1. The highest BCUT2D eigenvalue weighted by Crippen LogP contribution is 2.10. The Labute approximate surface area is 164 Å². The van der Waals surface area contributed by atoms with Crippen LogP contribution in [0.25, 0.3) is 0 Å². The van der Waals surface area contributed by atoms with E-state index in [1.54, 1.807) is 7.05 Å². The molecule has 0 aliphatic carbocycles. The fraction of sp³-hybridized carbons (Fsp3) is 0.833. The predicted molar refractivity (Wildman–Crippen MR) is 105 cm³/mol. The summed E-state index contributed by atoms with van der Waals surface area (Å²) in [4.78, 5) is 32.5. The molecular weight excluding hydrogens is 352 g/mol. The molecule has 27 heavy (non-hydrogen) atoms. The minimum Gasteiger partial charge on any atom is -0.549 e. The Balaban J connectivity index is -0.000000286. The molecule has 0 fully saturated rings. The fourth-order valence-electron chi connectivity index (χ4n) is 2.20. The molecule has 9 heteroatoms. The largest absolute Gasteiger partial charge is 0.549 e. The van der Waals surface area contributed by atoms with E-state index in [0.29, 0.717) is 6.42 Å². The summed E-state index contributed by atoms with van der Waals surface area (Å²) in [6.07, 6.45) is 11.3. The molecule has 0 aromatic rings. The summed E-state index contributed by atoms with van der Waals surface area (Å²) in [5, 5.41) is 22.2. The molecule has 9 nitrogen and oxygen atoms in total. The van der Waals surface area contributed by atoms with Crippen molar-refractivity contribution in [3.63, 3.8) is 0 Å². The molecule has 1 amide bonds. The fourth-order valence-corrected chi connectivity index (χ4v) is 2.20. The van der Waals surface area contributed by atoms with Gasteiger partial charge in [0.2, 0.25) is 5.91 Å². The topological polar surface area (TPSA) is 186 Å². The van der Waals surface area contributed by atoms with Crippen LogP contribution in [0.4, 0.5) is 0 Å². The van der Waals surface area contributed by atoms with Crippen LogP contribution in [0, 0.1) is 0 Å². The molecule has 0 radical (unpaired) electrons. The smallest absolute Gasteiger partial charge is 0.222 e. The summed E-state index contributed by atoms with van der Waals surface area (Å²) in [6.45, 7) is 1.84. The van der Waals surface area contributed by atoms with Crippen LogP contribution in [0.2, 0.25) is 0 Å². The Hall–Kier alpha value is -1.71. The van der Waals surface area contributed by atoms with E-state index in [-0.39, 0.29) is 31.3 Å². The summed E-state index contributed by atoms with van der Waals surface area (Å²) in [7, 11) is 3.06. The minimum absolute atomic E-state index is 0. The second-order valence-electron chi connectivity index (χ2n) is 6.10. The Morgan fingerprint density at radius 2 is 1.26 bits per heavy atom. The maximum atomic E-state index is 11.5. The SMILES string of the molecule is CCCCCCCCCCCC(=O)N(C)CC(=O)[O-].CNCC(=O)[O-].[NH4+].[NH4+]. The summed E-state index contributed by atoms with van der Waals surface area (Å²) in [6, 6.07) is 0. The van der Waals surface area contributed by atoms with Crippen molar-refractivity contribution < 1.29 is 24.6 Å². The van der Waals surface area contributed by atoms with E-state index in [1.807, 2.05) is 0 Å². The summed E-state index contributed by atoms with van der Waals surface area (Å²) in [5.41, 5.74) is 0. The molecule has 0 saturated heterocycles. The first-order chi connectivity index (χ1) is 11.8. The zero-order valence-electron chi connectivity index (χ0n) is 18.0. The molecule has 0 aromatic carbocycles. The maximum Gasteiger partial charge on any atom is 0.222 e. The normalized spacial score (nSPS) is 9.15. The van der Waals surface area contributed by atoms with Gasteiger partial charge in [-0.05, 0) is 13.5 Å². The Bertz CT molecular complexity index is 368. The van der Waals surface area contributed by atoms with Crippen LogP contribution in [-0.2, 0) is 14.4 Å². The first kappa shape index (κ1) is 32.9. The van der Waals surface area contributed by atoms with Crippen molar-refractivity contribution in [3.05, 3.63) is 0 Å². The van der Waals surface area contributed by atoms with Gasteiger partial charge in [0, 0.05) is 20.0 Å². The van der Waals surface area contributed by atoms with Gasteiger partial charge in [-0.25, -0.2) is 0 Å². The Morgan fingerprint density at radius 1 is 0.815 bits per heavy atom. The highest BCUT2D eigenvalue weighted by atomic mass is 16.4. The van der Waals surface area contributed by atoms with E-state index in [2.05, 4.69) is 12.2 Å². The van der Waals surface area contributed by atoms with Crippen molar-refractivity contribution in [2.24, 2.45) is 0 Å². The summed E-state index contributed by atoms with van der Waals surface area (Å²) in [5.74, 6) is -2.38. The van der Waals surface area contributed by atoms with Gasteiger partial charge in [0.05, 0.1) is 18.5 Å². The lowest BCUT2D eigenvalue weighted by molar-refractivity contribution is -0.306. The van der Waals surface area contributed by atoms with E-state index in [1.165, 1.54) is 56.9 Å². The minimum atomic E-state index is -1.21. The van der Waals surface area contributed by atoms with Crippen LogP contribution in [0.15, 0.2) is 0 Å². The number of carboxylic acids is 2. The highest BCUT2D eigenvalue weighted by Gasteiger charge is 2.07. The number of unbranched alkanes of at least 4 members (excludes halogenated alkanes) is 8. The van der Waals surface area contributed by atoms with Crippen molar-refractivity contribution in [1.82, 2.24) is 22.5 Å². The monoisotopic (exact) mass is 394 g/mol. The zero-order valence-corrected chi connectivity index (χ0v) is 18.0. The van der Waals surface area contributed by atoms with Crippen LogP contribution in [0.1, 0.15) is 71.1 Å². The van der Waals surface area contributed by atoms with Crippen LogP contribution in [0.5, 0.6) is 0 Å². The number of carboxylic acid groups (broad SMARTS) is 2. The molecule has 164 valence electrons. The molecule has 0 aromatic heterocycles. The molecule has 9 N–H and O–H groups in total. The van der Waals surface area contributed by atoms with Gasteiger partial charge < -0.3 is 42.3 Å². The van der Waals surface area contributed by atoms with Crippen LogP contribution < -0.4 is 27.8 Å². The number of likely N-dealkylation sites (N-methyl/N-ethyl adjacent to an activating group) is 2. The molecular formula is C18H42N4O5. The lowest BCUT2D eigenvalue weighted by Gasteiger charge is -2.17. The number of nitrogens with zero attached hydrogens (tertiary/aromatic N) is 1. The third-order valence-electron chi connectivity index (χ3n) is 3.61. The van der Waals surface area contributed by atoms with Gasteiger partial charge in [-0.1, -0.05) is 58.3 Å². The Kier molecular flexibility index (Phi) is 29.6. The van der Waals surface area contributed by atoms with Crippen molar-refractivity contribution >= 4 is 17.8 Å². The predicted octanol–water partition coefficient (Wildman–Crippen LogP) is 0.824. The average molecular weight is 395 g/mol. The number of amides is 1. The lowest BCUT2D eigenvalue weighted by Crippen LogP contribution is -2.39. The number of hydrogen-bond acceptors (Lipinski definition) is 6. The van der Waals surface area contributed by atoms with Crippen molar-refractivity contribution in [2.45, 2.75) is 71.1 Å². The van der Waals surface area contributed by atoms with E-state index in [0.717, 1.165) is 12.8 Å². The summed E-state index contributed by atoms with van der Waals surface area (Å²) < 4.78 is 0. The molecule has 0 unspecified atom stereocenters. The van der Waals surface area contributed by atoms with Crippen molar-refractivity contribution in [1.29, 1.82) is 0 Å². The molecule has 0 rings (SSSR count). The summed E-state index contributed by atoms with van der Waals surface area (Å²) >= 11 is 0. The van der Waals surface area contributed by atoms with E-state index in [4.69, 9.17) is 0 Å². The van der Waals surface area contributed by atoms with Crippen LogP contribution in [-0.4, -0.2) is 49.9 Å². The van der Waals surface area contributed by atoms with E-state index in [9.17, 15) is 24.6 Å². The van der Waals surface area contributed by atoms with Gasteiger partial charge in [-0.2, -0.15) is 0 Å². The van der Waals surface area contributed by atoms with Crippen LogP contribution >= 0.6 is 0 Å². The molecule has 0 atom stereocenters. The number of rotatable bonds is 14. The third kappa shape index (κ3) is 29.3. The van der Waals surface area contributed by atoms with Crippen LogP contribution in [0.3, 0.4) is 0 Å². The van der Waals surface area contributed by atoms with Gasteiger partial charge >= 0.3 is 0 Å². The quantitative estimate of drug-likeness (QED) is 0.366. The molecule has 0 heterocycles. The van der Waals surface area contributed by atoms with Gasteiger partial charge in [0.25, 0.3) is 0 Å². The van der Waals surface area contributed by atoms with Gasteiger partial charge in [-0.3, -0.25) is 4.79 Å². The van der Waals surface area contributed by atoms with Crippen molar-refractivity contribution in [3.8, 4) is 0 Å². The number of aliphatic carboxylic acids is 2. The maximum absolute atomic E-state index is 11.5. The second kappa shape index (κ2) is 24.3. The highest BCUT2D eigenvalue weighted by molar-refractivity contribution is 5.80. The van der Waals surface area contributed by atoms with E-state index >= 15 is 0 Å². The second-order valence-corrected chi connectivity index (χ2v) is 6.10. The van der Waals surface area contributed by atoms with E-state index < -0.39 is 11.9 Å². The number of carbonyl (C=O) groups excluding carboxylic acids is 3.